The molecule has 1 heterocycles. The van der Waals surface area contributed by atoms with Crippen molar-refractivity contribution >= 4 is 34.5 Å². The highest BCUT2D eigenvalue weighted by atomic mass is 32.1. The molecule has 0 aliphatic heterocycles. The third kappa shape index (κ3) is 4.37. The van der Waals surface area contributed by atoms with Crippen LogP contribution in [0.2, 0.25) is 0 Å². The van der Waals surface area contributed by atoms with Crippen molar-refractivity contribution in [3.63, 3.8) is 0 Å². The Morgan fingerprint density at radius 1 is 1.00 bits per heavy atom. The highest BCUT2D eigenvalue weighted by Crippen LogP contribution is 2.29. The normalized spacial score (nSPS) is 10.4. The maximum Gasteiger partial charge on any atom is 0.265 e. The molecule has 0 saturated heterocycles. The summed E-state index contributed by atoms with van der Waals surface area (Å²) in [6.45, 7) is 3.92. The molecule has 3 aromatic rings. The summed E-state index contributed by atoms with van der Waals surface area (Å²) in [5.74, 6) is -0.785. The Kier molecular flexibility index (Phi) is 5.75. The number of nitrogens with one attached hydrogen (secondary N) is 2. The number of rotatable bonds is 5. The first kappa shape index (κ1) is 19.6. The number of halogens is 1. The largest absolute Gasteiger partial charge is 0.495 e. The van der Waals surface area contributed by atoms with Gasteiger partial charge in [0.25, 0.3) is 11.8 Å². The second-order valence-electron chi connectivity index (χ2n) is 6.18. The van der Waals surface area contributed by atoms with E-state index in [0.717, 1.165) is 16.5 Å². The number of carbonyl (C=O) groups excluding carboxylic acids is 2. The molecule has 3 rings (SSSR count). The van der Waals surface area contributed by atoms with E-state index in [1.807, 2.05) is 19.9 Å². The van der Waals surface area contributed by atoms with Gasteiger partial charge < -0.3 is 15.4 Å². The highest BCUT2D eigenvalue weighted by Gasteiger charge is 2.14. The fourth-order valence-corrected chi connectivity index (χ4v) is 3.51. The number of hydrogen-bond donors (Lipinski definition) is 2. The van der Waals surface area contributed by atoms with Crippen LogP contribution in [0.25, 0.3) is 0 Å². The van der Waals surface area contributed by atoms with Crippen molar-refractivity contribution in [2.75, 3.05) is 17.7 Å². The van der Waals surface area contributed by atoms with Gasteiger partial charge in [0.15, 0.2) is 0 Å². The zero-order valence-corrected chi connectivity index (χ0v) is 16.4. The summed E-state index contributed by atoms with van der Waals surface area (Å²) in [6.07, 6.45) is 0. The van der Waals surface area contributed by atoms with Crippen LogP contribution in [-0.4, -0.2) is 18.9 Å². The lowest BCUT2D eigenvalue weighted by molar-refractivity contribution is 0.102. The van der Waals surface area contributed by atoms with Crippen LogP contribution in [0.15, 0.2) is 48.5 Å². The van der Waals surface area contributed by atoms with E-state index >= 15 is 0 Å². The molecule has 0 aliphatic carbocycles. The van der Waals surface area contributed by atoms with Crippen molar-refractivity contribution in [1.29, 1.82) is 0 Å². The first-order valence-electron chi connectivity index (χ1n) is 8.50. The van der Waals surface area contributed by atoms with E-state index in [9.17, 15) is 14.0 Å². The van der Waals surface area contributed by atoms with Crippen LogP contribution in [0.1, 0.15) is 30.5 Å². The summed E-state index contributed by atoms with van der Waals surface area (Å²) in [7, 11) is 1.47. The van der Waals surface area contributed by atoms with Gasteiger partial charge in [-0.15, -0.1) is 11.3 Å². The first-order valence-corrected chi connectivity index (χ1v) is 9.32. The molecule has 0 bridgehead atoms. The zero-order valence-electron chi connectivity index (χ0n) is 15.6. The molecule has 1 aromatic heterocycles. The number of benzene rings is 2. The van der Waals surface area contributed by atoms with Crippen molar-refractivity contribution in [2.24, 2.45) is 0 Å². The van der Waals surface area contributed by atoms with Crippen LogP contribution in [0.3, 0.4) is 0 Å². The minimum Gasteiger partial charge on any atom is -0.495 e. The minimum absolute atomic E-state index is 0.182. The lowest BCUT2D eigenvalue weighted by atomic mass is 10.2. The molecule has 0 spiro atoms. The first-order chi connectivity index (χ1) is 13.4. The van der Waals surface area contributed by atoms with E-state index in [2.05, 4.69) is 10.6 Å². The van der Waals surface area contributed by atoms with Crippen LogP contribution < -0.4 is 15.4 Å². The second kappa shape index (κ2) is 8.22. The summed E-state index contributed by atoms with van der Waals surface area (Å²) >= 11 is 1.42. The predicted molar refractivity (Wildman–Crippen MR) is 109 cm³/mol. The Bertz CT molecular complexity index is 1030. The molecule has 0 aliphatic rings. The smallest absolute Gasteiger partial charge is 0.265 e. The lowest BCUT2D eigenvalue weighted by Crippen LogP contribution is -2.14. The number of anilines is 2. The molecule has 2 amide bonds. The molecule has 2 N–H and O–H groups in total. The fourth-order valence-electron chi connectivity index (χ4n) is 2.59. The van der Waals surface area contributed by atoms with Crippen LogP contribution >= 0.6 is 11.3 Å². The number of hydrogen-bond acceptors (Lipinski definition) is 4. The standard InChI is InChI=1S/C21H19FN2O3S/c1-12-9-19(28-13(12)2)21(26)23-16-7-8-18(27-3)17(11-16)24-20(25)14-5-4-6-15(22)10-14/h4-11H,1-3H3,(H,23,26)(H,24,25). The van der Waals surface area contributed by atoms with Crippen molar-refractivity contribution in [2.45, 2.75) is 13.8 Å². The van der Waals surface area contributed by atoms with Crippen LogP contribution in [-0.2, 0) is 0 Å². The molecular weight excluding hydrogens is 379 g/mol. The molecule has 7 heteroatoms. The molecule has 144 valence electrons. The molecule has 0 unspecified atom stereocenters. The van der Waals surface area contributed by atoms with E-state index in [-0.39, 0.29) is 11.5 Å². The summed E-state index contributed by atoms with van der Waals surface area (Å²) in [6, 6.07) is 12.1. The Balaban J connectivity index is 1.81. The zero-order chi connectivity index (χ0) is 20.3. The molecule has 0 radical (unpaired) electrons. The Morgan fingerprint density at radius 3 is 2.43 bits per heavy atom. The van der Waals surface area contributed by atoms with Gasteiger partial charge in [-0.3, -0.25) is 9.59 Å². The minimum atomic E-state index is -0.498. The SMILES string of the molecule is COc1ccc(NC(=O)c2cc(C)c(C)s2)cc1NC(=O)c1cccc(F)c1. The van der Waals surface area contributed by atoms with Gasteiger partial charge >= 0.3 is 0 Å². The summed E-state index contributed by atoms with van der Waals surface area (Å²) in [4.78, 5) is 26.6. The Labute approximate surface area is 166 Å². The van der Waals surface area contributed by atoms with Gasteiger partial charge in [0.2, 0.25) is 0 Å². The second-order valence-corrected chi connectivity index (χ2v) is 7.44. The van der Waals surface area contributed by atoms with E-state index < -0.39 is 11.7 Å². The lowest BCUT2D eigenvalue weighted by Gasteiger charge is -2.13. The van der Waals surface area contributed by atoms with Gasteiger partial charge in [-0.05, 0) is 61.9 Å². The van der Waals surface area contributed by atoms with Crippen molar-refractivity contribution in [1.82, 2.24) is 0 Å². The van der Waals surface area contributed by atoms with Gasteiger partial charge in [-0.1, -0.05) is 6.07 Å². The highest BCUT2D eigenvalue weighted by molar-refractivity contribution is 7.14. The maximum atomic E-state index is 13.4. The van der Waals surface area contributed by atoms with E-state index in [1.54, 1.807) is 18.2 Å². The molecule has 2 aromatic carbocycles. The van der Waals surface area contributed by atoms with Gasteiger partial charge in [-0.2, -0.15) is 0 Å². The van der Waals surface area contributed by atoms with E-state index in [4.69, 9.17) is 4.74 Å². The average Bonchev–Trinajstić information content (AvgIpc) is 3.01. The number of carbonyl (C=O) groups is 2. The quantitative estimate of drug-likeness (QED) is 0.634. The van der Waals surface area contributed by atoms with Gasteiger partial charge in [0.05, 0.1) is 17.7 Å². The number of aryl methyl sites for hydroxylation is 2. The molecule has 0 fully saturated rings. The van der Waals surface area contributed by atoms with E-state index in [1.165, 1.54) is 36.6 Å². The average molecular weight is 398 g/mol. The van der Waals surface area contributed by atoms with E-state index in [0.29, 0.717) is 22.0 Å². The van der Waals surface area contributed by atoms with Gasteiger partial charge in [0.1, 0.15) is 11.6 Å². The maximum absolute atomic E-state index is 13.4. The molecule has 0 saturated carbocycles. The topological polar surface area (TPSA) is 67.4 Å². The monoisotopic (exact) mass is 398 g/mol. The van der Waals surface area contributed by atoms with Gasteiger partial charge in [-0.25, -0.2) is 4.39 Å². The Hall–Kier alpha value is -3.19. The fraction of sp³-hybridized carbons (Fsp3) is 0.143. The van der Waals surface area contributed by atoms with Crippen molar-refractivity contribution in [3.8, 4) is 5.75 Å². The number of thiophene rings is 1. The van der Waals surface area contributed by atoms with Gasteiger partial charge in [0, 0.05) is 16.1 Å². The summed E-state index contributed by atoms with van der Waals surface area (Å²) in [5, 5.41) is 5.51. The van der Waals surface area contributed by atoms with Crippen LogP contribution in [0, 0.1) is 19.7 Å². The van der Waals surface area contributed by atoms with Crippen molar-refractivity contribution in [3.05, 3.63) is 75.2 Å². The third-order valence-corrected chi connectivity index (χ3v) is 5.33. The number of ether oxygens (including phenoxy) is 1. The van der Waals surface area contributed by atoms with Crippen LogP contribution in [0.5, 0.6) is 5.75 Å². The predicted octanol–water partition coefficient (Wildman–Crippen LogP) is 5.02. The van der Waals surface area contributed by atoms with Crippen LogP contribution in [0.4, 0.5) is 15.8 Å². The molecule has 5 nitrogen and oxygen atoms in total. The van der Waals surface area contributed by atoms with Crippen molar-refractivity contribution < 1.29 is 18.7 Å². The molecule has 0 atom stereocenters. The Morgan fingerprint density at radius 2 is 1.79 bits per heavy atom. The summed E-state index contributed by atoms with van der Waals surface area (Å²) in [5.41, 5.74) is 2.12. The number of amides is 2. The summed E-state index contributed by atoms with van der Waals surface area (Å²) < 4.78 is 18.6. The molecule has 28 heavy (non-hydrogen) atoms. The molecular formula is C21H19FN2O3S. The third-order valence-electron chi connectivity index (χ3n) is 4.18. The number of methoxy groups -OCH3 is 1.